The zero-order valence-electron chi connectivity index (χ0n) is 9.76. The third-order valence-electron chi connectivity index (χ3n) is 2.54. The van der Waals surface area contributed by atoms with Gasteiger partial charge in [0.25, 0.3) is 5.69 Å². The van der Waals surface area contributed by atoms with Crippen LogP contribution in [0, 0.1) is 10.1 Å². The molecule has 2 unspecified atom stereocenters. The van der Waals surface area contributed by atoms with Gasteiger partial charge in [0.2, 0.25) is 0 Å². The van der Waals surface area contributed by atoms with Crippen molar-refractivity contribution in [3.8, 4) is 0 Å². The maximum atomic E-state index is 10.8. The Morgan fingerprint density at radius 2 is 2.00 bits per heavy atom. The van der Waals surface area contributed by atoms with Crippen molar-refractivity contribution in [1.29, 1.82) is 0 Å². The molecule has 1 aromatic carbocycles. The van der Waals surface area contributed by atoms with Gasteiger partial charge in [-0.05, 0) is 5.56 Å². The molecule has 0 heterocycles. The maximum Gasteiger partial charge on any atom is 0.308 e. The van der Waals surface area contributed by atoms with Crippen LogP contribution >= 0.6 is 0 Å². The molecule has 19 heavy (non-hydrogen) atoms. The number of aliphatic hydroxyl groups excluding tert-OH is 3. The largest absolute Gasteiger partial charge is 0.481 e. The number of nitrogens with zero attached hydrogens (tertiary/aromatic N) is 1. The number of aliphatic hydroxyl groups is 3. The average Bonchev–Trinajstić information content (AvgIpc) is 2.36. The predicted octanol–water partition coefficient (Wildman–Crippen LogP) is -0.391. The van der Waals surface area contributed by atoms with Crippen LogP contribution in [0.2, 0.25) is 0 Å². The SMILES string of the molecule is O=C(O)Cc1ccc(C(O)C(O)CO)cc1[N+](=O)[O-]. The molecule has 0 amide bonds. The number of nitro benzene ring substituents is 1. The van der Waals surface area contributed by atoms with Gasteiger partial charge in [0.1, 0.15) is 12.2 Å². The molecule has 104 valence electrons. The van der Waals surface area contributed by atoms with E-state index in [-0.39, 0.29) is 11.1 Å². The Balaban J connectivity index is 3.15. The molecule has 0 radical (unpaired) electrons. The molecule has 8 heteroatoms. The molecule has 1 aromatic rings. The van der Waals surface area contributed by atoms with E-state index in [2.05, 4.69) is 0 Å². The molecule has 0 aliphatic rings. The highest BCUT2D eigenvalue weighted by Gasteiger charge is 2.22. The van der Waals surface area contributed by atoms with Gasteiger partial charge in [-0.1, -0.05) is 12.1 Å². The van der Waals surface area contributed by atoms with E-state index in [0.29, 0.717) is 0 Å². The van der Waals surface area contributed by atoms with Crippen molar-refractivity contribution in [1.82, 2.24) is 0 Å². The highest BCUT2D eigenvalue weighted by molar-refractivity contribution is 5.72. The smallest absolute Gasteiger partial charge is 0.308 e. The van der Waals surface area contributed by atoms with Crippen molar-refractivity contribution in [2.75, 3.05) is 6.61 Å². The first kappa shape index (κ1) is 15.0. The lowest BCUT2D eigenvalue weighted by Crippen LogP contribution is -2.22. The molecule has 4 N–H and O–H groups in total. The van der Waals surface area contributed by atoms with Gasteiger partial charge in [0.05, 0.1) is 18.0 Å². The van der Waals surface area contributed by atoms with E-state index in [4.69, 9.17) is 10.2 Å². The van der Waals surface area contributed by atoms with Gasteiger partial charge in [-0.15, -0.1) is 0 Å². The van der Waals surface area contributed by atoms with E-state index in [9.17, 15) is 25.1 Å². The van der Waals surface area contributed by atoms with E-state index in [1.54, 1.807) is 0 Å². The van der Waals surface area contributed by atoms with Gasteiger partial charge in [0, 0.05) is 11.6 Å². The Hall–Kier alpha value is -2.03. The number of carboxylic acids is 1. The summed E-state index contributed by atoms with van der Waals surface area (Å²) in [6.07, 6.45) is -3.47. The minimum absolute atomic E-state index is 0.00746. The second-order valence-corrected chi connectivity index (χ2v) is 3.91. The monoisotopic (exact) mass is 271 g/mol. The van der Waals surface area contributed by atoms with Crippen molar-refractivity contribution in [3.63, 3.8) is 0 Å². The molecule has 0 bridgehead atoms. The zero-order valence-corrected chi connectivity index (χ0v) is 9.76. The highest BCUT2D eigenvalue weighted by atomic mass is 16.6. The van der Waals surface area contributed by atoms with Gasteiger partial charge in [-0.25, -0.2) is 0 Å². The van der Waals surface area contributed by atoms with Crippen molar-refractivity contribution in [2.24, 2.45) is 0 Å². The van der Waals surface area contributed by atoms with Crippen molar-refractivity contribution in [2.45, 2.75) is 18.6 Å². The molecular weight excluding hydrogens is 258 g/mol. The van der Waals surface area contributed by atoms with Crippen LogP contribution in [0.5, 0.6) is 0 Å². The number of benzene rings is 1. The quantitative estimate of drug-likeness (QED) is 0.407. The van der Waals surface area contributed by atoms with Gasteiger partial charge in [0.15, 0.2) is 0 Å². The summed E-state index contributed by atoms with van der Waals surface area (Å²) in [5, 5.41) is 47.0. The number of aliphatic carboxylic acids is 1. The summed E-state index contributed by atoms with van der Waals surface area (Å²) in [6, 6.07) is 3.46. The Labute approximate surface area is 107 Å². The number of hydrogen-bond acceptors (Lipinski definition) is 6. The summed E-state index contributed by atoms with van der Waals surface area (Å²) in [5.41, 5.74) is -0.432. The summed E-state index contributed by atoms with van der Waals surface area (Å²) >= 11 is 0. The fraction of sp³-hybridized carbons (Fsp3) is 0.364. The maximum absolute atomic E-state index is 10.8. The normalized spacial score (nSPS) is 13.8. The number of carboxylic acid groups (broad SMARTS) is 1. The molecule has 0 aromatic heterocycles. The van der Waals surface area contributed by atoms with Crippen LogP contribution in [-0.4, -0.2) is 44.0 Å². The molecule has 8 nitrogen and oxygen atoms in total. The Kier molecular flexibility index (Phi) is 4.93. The minimum atomic E-state index is -1.48. The van der Waals surface area contributed by atoms with Crippen LogP contribution in [0.3, 0.4) is 0 Å². The lowest BCUT2D eigenvalue weighted by atomic mass is 10.0. The van der Waals surface area contributed by atoms with Gasteiger partial charge in [-0.3, -0.25) is 14.9 Å². The van der Waals surface area contributed by atoms with Gasteiger partial charge < -0.3 is 20.4 Å². The molecule has 0 saturated heterocycles. The molecule has 0 aliphatic carbocycles. The van der Waals surface area contributed by atoms with Crippen LogP contribution in [0.1, 0.15) is 17.2 Å². The van der Waals surface area contributed by atoms with Crippen LogP contribution in [-0.2, 0) is 11.2 Å². The first-order valence-electron chi connectivity index (χ1n) is 5.32. The van der Waals surface area contributed by atoms with E-state index in [1.807, 2.05) is 0 Å². The van der Waals surface area contributed by atoms with Crippen LogP contribution in [0.15, 0.2) is 18.2 Å². The average molecular weight is 271 g/mol. The molecule has 0 aliphatic heterocycles. The molecule has 2 atom stereocenters. The number of hydrogen-bond donors (Lipinski definition) is 4. The number of carbonyl (C=O) groups is 1. The van der Waals surface area contributed by atoms with Crippen molar-refractivity contribution in [3.05, 3.63) is 39.4 Å². The van der Waals surface area contributed by atoms with Crippen LogP contribution in [0.25, 0.3) is 0 Å². The first-order chi connectivity index (χ1) is 8.86. The molecule has 1 rings (SSSR count). The minimum Gasteiger partial charge on any atom is -0.481 e. The van der Waals surface area contributed by atoms with Crippen molar-refractivity contribution >= 4 is 11.7 Å². The fourth-order valence-electron chi connectivity index (χ4n) is 1.57. The molecular formula is C11H13NO7. The molecule has 0 spiro atoms. The van der Waals surface area contributed by atoms with Crippen LogP contribution in [0.4, 0.5) is 5.69 Å². The molecule has 0 fully saturated rings. The Morgan fingerprint density at radius 3 is 2.47 bits per heavy atom. The Bertz CT molecular complexity index is 488. The summed E-state index contributed by atoms with van der Waals surface area (Å²) in [5.74, 6) is -1.22. The number of nitro groups is 1. The summed E-state index contributed by atoms with van der Waals surface area (Å²) in [6.45, 7) is -0.703. The van der Waals surface area contributed by atoms with Gasteiger partial charge in [-0.2, -0.15) is 0 Å². The third-order valence-corrected chi connectivity index (χ3v) is 2.54. The first-order valence-corrected chi connectivity index (χ1v) is 5.32. The van der Waals surface area contributed by atoms with E-state index < -0.39 is 41.8 Å². The lowest BCUT2D eigenvalue weighted by Gasteiger charge is -2.16. The summed E-state index contributed by atoms with van der Waals surface area (Å²) in [7, 11) is 0. The topological polar surface area (TPSA) is 141 Å². The molecule has 0 saturated carbocycles. The van der Waals surface area contributed by atoms with E-state index >= 15 is 0 Å². The fourth-order valence-corrected chi connectivity index (χ4v) is 1.57. The zero-order chi connectivity index (χ0) is 14.6. The second-order valence-electron chi connectivity index (χ2n) is 3.91. The lowest BCUT2D eigenvalue weighted by molar-refractivity contribution is -0.385. The predicted molar refractivity (Wildman–Crippen MR) is 62.5 cm³/mol. The standard InChI is InChI=1S/C11H13NO7/c13-5-9(14)11(17)7-2-1-6(4-10(15)16)8(3-7)12(18)19/h1-3,9,11,13-14,17H,4-5H2,(H,15,16). The Morgan fingerprint density at radius 1 is 1.37 bits per heavy atom. The third kappa shape index (κ3) is 3.71. The second kappa shape index (κ2) is 6.23. The van der Waals surface area contributed by atoms with Crippen molar-refractivity contribution < 1.29 is 30.1 Å². The highest BCUT2D eigenvalue weighted by Crippen LogP contribution is 2.26. The van der Waals surface area contributed by atoms with Crippen LogP contribution < -0.4 is 0 Å². The van der Waals surface area contributed by atoms with E-state index in [0.717, 1.165) is 6.07 Å². The van der Waals surface area contributed by atoms with E-state index in [1.165, 1.54) is 12.1 Å². The summed E-state index contributed by atoms with van der Waals surface area (Å²) < 4.78 is 0. The van der Waals surface area contributed by atoms with Gasteiger partial charge >= 0.3 is 5.97 Å². The number of rotatable bonds is 6. The summed E-state index contributed by atoms with van der Waals surface area (Å²) in [4.78, 5) is 20.6.